The van der Waals surface area contributed by atoms with Crippen molar-refractivity contribution in [1.29, 1.82) is 0 Å². The normalized spacial score (nSPS) is 19.3. The molecular formula is C12H17N3O4. The van der Waals surface area contributed by atoms with Crippen LogP contribution in [0.5, 0.6) is 0 Å². The number of carbonyl (C=O) groups is 1. The van der Waals surface area contributed by atoms with E-state index < -0.39 is 12.1 Å². The largest absolute Gasteiger partial charge is 0.467 e. The van der Waals surface area contributed by atoms with Crippen LogP contribution in [0.4, 0.5) is 5.82 Å². The van der Waals surface area contributed by atoms with Crippen LogP contribution in [0.1, 0.15) is 12.7 Å². The molecule has 0 bridgehead atoms. The summed E-state index contributed by atoms with van der Waals surface area (Å²) in [5.74, 6) is 0.784. The Morgan fingerprint density at radius 3 is 3.16 bits per heavy atom. The number of rotatable bonds is 3. The Morgan fingerprint density at radius 1 is 1.68 bits per heavy atom. The quantitative estimate of drug-likeness (QED) is 0.758. The number of esters is 1. The summed E-state index contributed by atoms with van der Waals surface area (Å²) in [7, 11) is 1.32. The number of hydrogen-bond donors (Lipinski definition) is 1. The molecule has 0 spiro atoms. The fourth-order valence-electron chi connectivity index (χ4n) is 1.95. The van der Waals surface area contributed by atoms with Gasteiger partial charge in [-0.2, -0.15) is 0 Å². The first-order valence-electron chi connectivity index (χ1n) is 6.18. The number of aryl methyl sites for hydroxylation is 1. The predicted octanol–water partition coefficient (Wildman–Crippen LogP) is -0.289. The molecule has 104 valence electrons. The van der Waals surface area contributed by atoms with E-state index in [1.165, 1.54) is 13.2 Å². The molecule has 1 fully saturated rings. The van der Waals surface area contributed by atoms with Crippen molar-refractivity contribution < 1.29 is 14.3 Å². The lowest BCUT2D eigenvalue weighted by Gasteiger charge is -2.32. The van der Waals surface area contributed by atoms with Crippen LogP contribution in [-0.2, 0) is 20.7 Å². The summed E-state index contributed by atoms with van der Waals surface area (Å²) in [4.78, 5) is 31.9. The zero-order valence-corrected chi connectivity index (χ0v) is 11.0. The third-order valence-corrected chi connectivity index (χ3v) is 2.97. The van der Waals surface area contributed by atoms with E-state index in [4.69, 9.17) is 4.74 Å². The summed E-state index contributed by atoms with van der Waals surface area (Å²) in [6.07, 6.45) is 0.0123. The second kappa shape index (κ2) is 5.83. The van der Waals surface area contributed by atoms with Crippen LogP contribution in [0.2, 0.25) is 0 Å². The fourth-order valence-corrected chi connectivity index (χ4v) is 1.95. The van der Waals surface area contributed by atoms with Crippen molar-refractivity contribution in [1.82, 2.24) is 9.97 Å². The van der Waals surface area contributed by atoms with Crippen molar-refractivity contribution in [2.45, 2.75) is 19.4 Å². The minimum absolute atomic E-state index is 0.192. The van der Waals surface area contributed by atoms with Gasteiger partial charge in [0.1, 0.15) is 11.6 Å². The maximum absolute atomic E-state index is 11.5. The molecule has 19 heavy (non-hydrogen) atoms. The van der Waals surface area contributed by atoms with Gasteiger partial charge in [0.05, 0.1) is 20.3 Å². The molecule has 0 saturated carbocycles. The van der Waals surface area contributed by atoms with Gasteiger partial charge in [-0.05, 0) is 0 Å². The highest BCUT2D eigenvalue weighted by atomic mass is 16.6. The van der Waals surface area contributed by atoms with E-state index in [0.717, 1.165) is 0 Å². The molecule has 1 N–H and O–H groups in total. The fraction of sp³-hybridized carbons (Fsp3) is 0.583. The average Bonchev–Trinajstić information content (AvgIpc) is 2.45. The minimum atomic E-state index is -0.634. The van der Waals surface area contributed by atoms with Gasteiger partial charge in [0, 0.05) is 19.0 Å². The molecule has 1 atom stereocenters. The average molecular weight is 267 g/mol. The minimum Gasteiger partial charge on any atom is -0.467 e. The van der Waals surface area contributed by atoms with E-state index in [0.29, 0.717) is 37.8 Å². The number of nitrogens with zero attached hydrogens (tertiary/aromatic N) is 2. The van der Waals surface area contributed by atoms with E-state index in [-0.39, 0.29) is 5.56 Å². The van der Waals surface area contributed by atoms with E-state index in [9.17, 15) is 9.59 Å². The number of aromatic amines is 1. The predicted molar refractivity (Wildman–Crippen MR) is 68.2 cm³/mol. The van der Waals surface area contributed by atoms with E-state index in [1.807, 2.05) is 11.8 Å². The summed E-state index contributed by atoms with van der Waals surface area (Å²) >= 11 is 0. The van der Waals surface area contributed by atoms with E-state index in [1.54, 1.807) is 0 Å². The topological polar surface area (TPSA) is 84.5 Å². The lowest BCUT2D eigenvalue weighted by molar-refractivity contribution is -0.154. The molecule has 1 saturated heterocycles. The van der Waals surface area contributed by atoms with Crippen molar-refractivity contribution in [3.8, 4) is 0 Å². The van der Waals surface area contributed by atoms with Crippen LogP contribution >= 0.6 is 0 Å². The summed E-state index contributed by atoms with van der Waals surface area (Å²) in [6.45, 7) is 3.24. The maximum atomic E-state index is 11.5. The first-order chi connectivity index (χ1) is 9.13. The molecule has 1 aromatic heterocycles. The van der Waals surface area contributed by atoms with Gasteiger partial charge in [-0.25, -0.2) is 9.78 Å². The molecule has 7 nitrogen and oxygen atoms in total. The van der Waals surface area contributed by atoms with Crippen LogP contribution < -0.4 is 10.5 Å². The lowest BCUT2D eigenvalue weighted by Crippen LogP contribution is -2.47. The Morgan fingerprint density at radius 2 is 2.47 bits per heavy atom. The molecule has 0 aliphatic carbocycles. The van der Waals surface area contributed by atoms with Crippen LogP contribution in [0.15, 0.2) is 10.9 Å². The molecule has 1 aliphatic heterocycles. The summed E-state index contributed by atoms with van der Waals surface area (Å²) in [5.41, 5.74) is -0.192. The van der Waals surface area contributed by atoms with Gasteiger partial charge in [0.15, 0.2) is 6.10 Å². The number of carbonyl (C=O) groups excluding carboxylic acids is 1. The van der Waals surface area contributed by atoms with Gasteiger partial charge >= 0.3 is 5.97 Å². The van der Waals surface area contributed by atoms with Crippen LogP contribution in [-0.4, -0.2) is 48.8 Å². The number of hydrogen-bond acceptors (Lipinski definition) is 6. The molecule has 0 aromatic carbocycles. The summed E-state index contributed by atoms with van der Waals surface area (Å²) < 4.78 is 10.0. The number of methoxy groups -OCH3 is 1. The van der Waals surface area contributed by atoms with Crippen molar-refractivity contribution in [2.75, 3.05) is 31.7 Å². The molecular weight excluding hydrogens is 250 g/mol. The number of ether oxygens (including phenoxy) is 2. The maximum Gasteiger partial charge on any atom is 0.336 e. The van der Waals surface area contributed by atoms with Crippen LogP contribution in [0.25, 0.3) is 0 Å². The smallest absolute Gasteiger partial charge is 0.336 e. The molecule has 1 unspecified atom stereocenters. The molecule has 0 radical (unpaired) electrons. The van der Waals surface area contributed by atoms with Gasteiger partial charge in [-0.1, -0.05) is 6.92 Å². The first kappa shape index (κ1) is 13.5. The molecule has 0 amide bonds. The Hall–Kier alpha value is -1.89. The Labute approximate surface area is 110 Å². The SMILES string of the molecule is CCc1nc(N2CCOC(C(=O)OC)C2)cc(=O)[nH]1. The van der Waals surface area contributed by atoms with Crippen molar-refractivity contribution in [3.05, 3.63) is 22.2 Å². The second-order valence-corrected chi connectivity index (χ2v) is 4.23. The highest BCUT2D eigenvalue weighted by Crippen LogP contribution is 2.14. The van der Waals surface area contributed by atoms with Gasteiger partial charge in [0.2, 0.25) is 0 Å². The number of anilines is 1. The van der Waals surface area contributed by atoms with Gasteiger partial charge in [0.25, 0.3) is 5.56 Å². The standard InChI is InChI=1S/C12H17N3O4/c1-3-9-13-10(6-11(16)14-9)15-4-5-19-8(7-15)12(17)18-2/h6,8H,3-5,7H2,1-2H3,(H,13,14,16). The number of nitrogens with one attached hydrogen (secondary N) is 1. The van der Waals surface area contributed by atoms with Gasteiger partial charge < -0.3 is 19.4 Å². The Balaban J connectivity index is 2.19. The Kier molecular flexibility index (Phi) is 4.16. The summed E-state index contributed by atoms with van der Waals surface area (Å²) in [5, 5.41) is 0. The Bertz CT molecular complexity index is 514. The third kappa shape index (κ3) is 3.11. The van der Waals surface area contributed by atoms with Crippen molar-refractivity contribution in [2.24, 2.45) is 0 Å². The van der Waals surface area contributed by atoms with Gasteiger partial charge in [-0.15, -0.1) is 0 Å². The molecule has 2 heterocycles. The zero-order chi connectivity index (χ0) is 13.8. The number of aromatic nitrogens is 2. The zero-order valence-electron chi connectivity index (χ0n) is 11.0. The highest BCUT2D eigenvalue weighted by Gasteiger charge is 2.28. The van der Waals surface area contributed by atoms with E-state index >= 15 is 0 Å². The van der Waals surface area contributed by atoms with Crippen molar-refractivity contribution >= 4 is 11.8 Å². The van der Waals surface area contributed by atoms with Gasteiger partial charge in [-0.3, -0.25) is 4.79 Å². The summed E-state index contributed by atoms with van der Waals surface area (Å²) in [6, 6.07) is 1.43. The first-order valence-corrected chi connectivity index (χ1v) is 6.18. The molecule has 7 heteroatoms. The number of morpholine rings is 1. The highest BCUT2D eigenvalue weighted by molar-refractivity contribution is 5.75. The monoisotopic (exact) mass is 267 g/mol. The van der Waals surface area contributed by atoms with Crippen LogP contribution in [0, 0.1) is 0 Å². The van der Waals surface area contributed by atoms with Crippen molar-refractivity contribution in [3.63, 3.8) is 0 Å². The second-order valence-electron chi connectivity index (χ2n) is 4.23. The molecule has 1 aliphatic rings. The molecule has 1 aromatic rings. The van der Waals surface area contributed by atoms with E-state index in [2.05, 4.69) is 14.7 Å². The lowest BCUT2D eigenvalue weighted by atomic mass is 10.2. The number of H-pyrrole nitrogens is 1. The third-order valence-electron chi connectivity index (χ3n) is 2.97. The van der Waals surface area contributed by atoms with Crippen LogP contribution in [0.3, 0.4) is 0 Å². The molecule has 2 rings (SSSR count).